The number of rotatable bonds is 5. The van der Waals surface area contributed by atoms with Crippen molar-refractivity contribution in [2.75, 3.05) is 12.0 Å². The van der Waals surface area contributed by atoms with Gasteiger partial charge in [-0.3, -0.25) is 14.5 Å². The lowest BCUT2D eigenvalue weighted by atomic mass is 10.1. The first kappa shape index (κ1) is 20.8. The van der Waals surface area contributed by atoms with Crippen molar-refractivity contribution in [3.8, 4) is 11.8 Å². The Kier molecular flexibility index (Phi) is 6.16. The third-order valence-corrected chi connectivity index (χ3v) is 6.16. The number of amides is 2. The van der Waals surface area contributed by atoms with E-state index < -0.39 is 11.2 Å². The van der Waals surface area contributed by atoms with Gasteiger partial charge in [-0.25, -0.2) is 0 Å². The number of thioether (sulfide) groups is 1. The number of ether oxygens (including phenoxy) is 1. The number of carbonyl (C=O) groups is 2. The average Bonchev–Trinajstić information content (AvgIpc) is 3.01. The summed E-state index contributed by atoms with van der Waals surface area (Å²) in [5.74, 6) is -0.579. The molecule has 148 valence electrons. The summed E-state index contributed by atoms with van der Waals surface area (Å²) in [6, 6.07) is 14.3. The van der Waals surface area contributed by atoms with E-state index in [1.807, 2.05) is 31.2 Å². The Morgan fingerprint density at radius 1 is 1.34 bits per heavy atom. The molecule has 1 aliphatic rings. The van der Waals surface area contributed by atoms with Crippen molar-refractivity contribution in [2.24, 2.45) is 5.73 Å². The van der Waals surface area contributed by atoms with Gasteiger partial charge in [0.25, 0.3) is 5.91 Å². The van der Waals surface area contributed by atoms with Crippen molar-refractivity contribution >= 4 is 40.9 Å². The number of nitrogens with zero attached hydrogens (tertiary/aromatic N) is 2. The fourth-order valence-corrected chi connectivity index (χ4v) is 4.48. The van der Waals surface area contributed by atoms with Crippen LogP contribution in [-0.4, -0.2) is 24.2 Å². The largest absolute Gasteiger partial charge is 0.497 e. The molecule has 0 radical (unpaired) electrons. The number of nitrogens with two attached hydrogens (primary N) is 1. The third kappa shape index (κ3) is 4.24. The molecule has 1 heterocycles. The fraction of sp³-hybridized carbons (Fsp3) is 0.190. The summed E-state index contributed by atoms with van der Waals surface area (Å²) in [5.41, 5.74) is 7.46. The molecule has 2 N–H and O–H groups in total. The topological polar surface area (TPSA) is 96.4 Å². The van der Waals surface area contributed by atoms with Gasteiger partial charge in [-0.2, -0.15) is 5.26 Å². The molecule has 1 saturated heterocycles. The zero-order valence-electron chi connectivity index (χ0n) is 15.8. The van der Waals surface area contributed by atoms with Gasteiger partial charge in [-0.05, 0) is 42.7 Å². The number of anilines is 1. The molecule has 8 heteroatoms. The van der Waals surface area contributed by atoms with Gasteiger partial charge in [0.05, 0.1) is 18.0 Å². The minimum absolute atomic E-state index is 0.224. The molecule has 2 aromatic rings. The molecule has 2 aromatic carbocycles. The molecule has 0 aliphatic carbocycles. The molecule has 1 aliphatic heterocycles. The van der Waals surface area contributed by atoms with Crippen LogP contribution in [0.2, 0.25) is 5.02 Å². The number of carbonyl (C=O) groups excluding carboxylic acids is 2. The van der Waals surface area contributed by atoms with Gasteiger partial charge < -0.3 is 10.5 Å². The molecule has 0 spiro atoms. The molecule has 2 amide bonds. The van der Waals surface area contributed by atoms with Crippen molar-refractivity contribution < 1.29 is 14.3 Å². The first-order valence-electron chi connectivity index (χ1n) is 8.69. The summed E-state index contributed by atoms with van der Waals surface area (Å²) in [6.45, 7) is 1.90. The number of hydrogen-bond donors (Lipinski definition) is 1. The SMILES string of the molecule is COc1cccc(N2C(=O)[C@@H](Cc3ccc(C)c(Cl)c3)S/C2=C(/C#N)C(N)=O)c1. The van der Waals surface area contributed by atoms with Crippen LogP contribution in [0.15, 0.2) is 53.1 Å². The number of aryl methyl sites for hydroxylation is 1. The smallest absolute Gasteiger partial charge is 0.262 e. The maximum absolute atomic E-state index is 13.3. The Morgan fingerprint density at radius 3 is 2.72 bits per heavy atom. The van der Waals surface area contributed by atoms with E-state index >= 15 is 0 Å². The normalized spacial score (nSPS) is 17.8. The van der Waals surface area contributed by atoms with Crippen LogP contribution in [0.3, 0.4) is 0 Å². The summed E-state index contributed by atoms with van der Waals surface area (Å²) < 4.78 is 5.23. The lowest BCUT2D eigenvalue weighted by Gasteiger charge is -2.19. The van der Waals surface area contributed by atoms with E-state index in [0.717, 1.165) is 22.9 Å². The van der Waals surface area contributed by atoms with Crippen LogP contribution in [0.5, 0.6) is 5.75 Å². The Hall–Kier alpha value is -2.95. The number of nitriles is 1. The predicted molar refractivity (Wildman–Crippen MR) is 114 cm³/mol. The first-order chi connectivity index (χ1) is 13.8. The van der Waals surface area contributed by atoms with Crippen LogP contribution >= 0.6 is 23.4 Å². The average molecular weight is 428 g/mol. The molecular weight excluding hydrogens is 410 g/mol. The van der Waals surface area contributed by atoms with Crippen molar-refractivity contribution in [2.45, 2.75) is 18.6 Å². The summed E-state index contributed by atoms with van der Waals surface area (Å²) >= 11 is 7.36. The van der Waals surface area contributed by atoms with Gasteiger partial charge in [-0.1, -0.05) is 41.6 Å². The van der Waals surface area contributed by atoms with E-state index in [1.165, 1.54) is 12.0 Å². The van der Waals surface area contributed by atoms with Gasteiger partial charge >= 0.3 is 0 Å². The van der Waals surface area contributed by atoms with Crippen LogP contribution in [0, 0.1) is 18.3 Å². The van der Waals surface area contributed by atoms with Gasteiger partial charge in [0.1, 0.15) is 22.4 Å². The van der Waals surface area contributed by atoms with Crippen LogP contribution < -0.4 is 15.4 Å². The zero-order valence-corrected chi connectivity index (χ0v) is 17.4. The van der Waals surface area contributed by atoms with Crippen molar-refractivity contribution in [1.29, 1.82) is 5.26 Å². The van der Waals surface area contributed by atoms with E-state index in [-0.39, 0.29) is 16.5 Å². The number of methoxy groups -OCH3 is 1. The molecule has 29 heavy (non-hydrogen) atoms. The Balaban J connectivity index is 2.04. The summed E-state index contributed by atoms with van der Waals surface area (Å²) in [5, 5.41) is 9.76. The van der Waals surface area contributed by atoms with Crippen molar-refractivity contribution in [3.63, 3.8) is 0 Å². The predicted octanol–water partition coefficient (Wildman–Crippen LogP) is 3.57. The first-order valence-corrected chi connectivity index (χ1v) is 9.95. The van der Waals surface area contributed by atoms with E-state index in [4.69, 9.17) is 22.1 Å². The van der Waals surface area contributed by atoms with Crippen LogP contribution in [0.1, 0.15) is 11.1 Å². The molecule has 3 rings (SSSR count). The van der Waals surface area contributed by atoms with Gasteiger partial charge in [0.15, 0.2) is 0 Å². The second kappa shape index (κ2) is 8.60. The van der Waals surface area contributed by atoms with Crippen LogP contribution in [-0.2, 0) is 16.0 Å². The molecule has 1 atom stereocenters. The Bertz CT molecular complexity index is 1060. The standard InChI is InChI=1S/C21H18ClN3O3S/c1-12-6-7-13(8-17(12)22)9-18-20(27)25(14-4-3-5-15(10-14)28-2)21(29-18)16(11-23)19(24)26/h3-8,10,18H,9H2,1-2H3,(H2,24,26)/b21-16-/t18-/m1/s1. The maximum atomic E-state index is 13.3. The van der Waals surface area contributed by atoms with Gasteiger partial charge in [0, 0.05) is 11.1 Å². The van der Waals surface area contributed by atoms with E-state index in [1.54, 1.807) is 24.3 Å². The number of primary amides is 1. The Labute approximate surface area is 177 Å². The van der Waals surface area contributed by atoms with E-state index in [9.17, 15) is 14.9 Å². The lowest BCUT2D eigenvalue weighted by molar-refractivity contribution is -0.117. The number of benzene rings is 2. The maximum Gasteiger partial charge on any atom is 0.262 e. The van der Waals surface area contributed by atoms with E-state index in [0.29, 0.717) is 22.9 Å². The zero-order chi connectivity index (χ0) is 21.1. The second-order valence-corrected chi connectivity index (χ2v) is 8.02. The van der Waals surface area contributed by atoms with Crippen LogP contribution in [0.25, 0.3) is 0 Å². The summed E-state index contributed by atoms with van der Waals surface area (Å²) in [6.07, 6.45) is 0.394. The Morgan fingerprint density at radius 2 is 2.10 bits per heavy atom. The molecule has 6 nitrogen and oxygen atoms in total. The molecule has 0 saturated carbocycles. The third-order valence-electron chi connectivity index (χ3n) is 4.49. The summed E-state index contributed by atoms with van der Waals surface area (Å²) in [4.78, 5) is 26.4. The molecule has 0 aromatic heterocycles. The molecule has 1 fully saturated rings. The highest BCUT2D eigenvalue weighted by atomic mass is 35.5. The monoisotopic (exact) mass is 427 g/mol. The highest BCUT2D eigenvalue weighted by Crippen LogP contribution is 2.42. The van der Waals surface area contributed by atoms with E-state index in [2.05, 4.69) is 0 Å². The van der Waals surface area contributed by atoms with Gasteiger partial charge in [0.2, 0.25) is 5.91 Å². The second-order valence-electron chi connectivity index (χ2n) is 6.43. The van der Waals surface area contributed by atoms with Crippen molar-refractivity contribution in [1.82, 2.24) is 0 Å². The van der Waals surface area contributed by atoms with Gasteiger partial charge in [-0.15, -0.1) is 0 Å². The van der Waals surface area contributed by atoms with Crippen molar-refractivity contribution in [3.05, 3.63) is 69.2 Å². The minimum Gasteiger partial charge on any atom is -0.497 e. The highest BCUT2D eigenvalue weighted by molar-refractivity contribution is 8.05. The minimum atomic E-state index is -0.880. The molecule has 0 bridgehead atoms. The number of hydrogen-bond acceptors (Lipinski definition) is 5. The van der Waals surface area contributed by atoms with Crippen LogP contribution in [0.4, 0.5) is 5.69 Å². The quantitative estimate of drug-likeness (QED) is 0.581. The lowest BCUT2D eigenvalue weighted by Crippen LogP contribution is -2.31. The summed E-state index contributed by atoms with van der Waals surface area (Å²) in [7, 11) is 1.52. The fourth-order valence-electron chi connectivity index (χ4n) is 2.96. The highest BCUT2D eigenvalue weighted by Gasteiger charge is 2.40. The molecule has 0 unspecified atom stereocenters. The number of halogens is 1. The molecular formula is C21H18ClN3O3S.